The van der Waals surface area contributed by atoms with Crippen LogP contribution in [-0.2, 0) is 6.54 Å². The van der Waals surface area contributed by atoms with Crippen molar-refractivity contribution in [2.75, 3.05) is 11.4 Å². The number of nitrogens with two attached hydrogens (primary N) is 1. The summed E-state index contributed by atoms with van der Waals surface area (Å²) >= 11 is 3.51. The molecule has 2 aromatic rings. The van der Waals surface area contributed by atoms with Gasteiger partial charge < -0.3 is 10.6 Å². The van der Waals surface area contributed by atoms with Gasteiger partial charge in [-0.1, -0.05) is 6.07 Å². The minimum absolute atomic E-state index is 0.186. The van der Waals surface area contributed by atoms with E-state index in [4.69, 9.17) is 11.1 Å². The van der Waals surface area contributed by atoms with Crippen LogP contribution in [0.2, 0.25) is 0 Å². The normalized spacial score (nSPS) is 10.2. The fourth-order valence-corrected chi connectivity index (χ4v) is 2.38. The largest absolute Gasteiger partial charge is 0.388 e. The van der Waals surface area contributed by atoms with Crippen molar-refractivity contribution >= 4 is 27.5 Å². The fourth-order valence-electron chi connectivity index (χ4n) is 1.88. The molecule has 0 aliphatic carbocycles. The lowest BCUT2D eigenvalue weighted by Gasteiger charge is -2.25. The number of nitrogens with one attached hydrogen (secondary N) is 1. The topological polar surface area (TPSA) is 78.9 Å². The van der Waals surface area contributed by atoms with Crippen LogP contribution >= 0.6 is 15.9 Å². The van der Waals surface area contributed by atoms with Gasteiger partial charge >= 0.3 is 0 Å². The smallest absolute Gasteiger partial charge is 0.0923 e. The predicted octanol–water partition coefficient (Wildman–Crippen LogP) is 2.57. The van der Waals surface area contributed by atoms with Crippen molar-refractivity contribution < 1.29 is 0 Å². The van der Waals surface area contributed by atoms with Gasteiger partial charge in [-0.25, -0.2) is 0 Å². The maximum absolute atomic E-state index is 7.40. The molecule has 0 aliphatic heterocycles. The van der Waals surface area contributed by atoms with Gasteiger partial charge in [-0.2, -0.15) is 0 Å². The molecule has 2 heterocycles. The fraction of sp³-hybridized carbons (Fsp3) is 0.214. The van der Waals surface area contributed by atoms with E-state index in [0.717, 1.165) is 15.7 Å². The summed E-state index contributed by atoms with van der Waals surface area (Å²) in [6, 6.07) is 5.89. The SMILES string of the molecule is N=C(N)CCN(Cc1cccnc1)c1ccncc1Br. The summed E-state index contributed by atoms with van der Waals surface area (Å²) in [6.07, 6.45) is 7.64. The zero-order valence-corrected chi connectivity index (χ0v) is 12.5. The average molecular weight is 334 g/mol. The van der Waals surface area contributed by atoms with Gasteiger partial charge in [-0.3, -0.25) is 15.4 Å². The molecule has 0 bridgehead atoms. The Bertz CT molecular complexity index is 573. The highest BCUT2D eigenvalue weighted by atomic mass is 79.9. The van der Waals surface area contributed by atoms with Crippen molar-refractivity contribution in [3.8, 4) is 0 Å². The Hall–Kier alpha value is -1.95. The van der Waals surface area contributed by atoms with E-state index in [1.807, 2.05) is 24.4 Å². The van der Waals surface area contributed by atoms with Crippen molar-refractivity contribution in [2.24, 2.45) is 5.73 Å². The van der Waals surface area contributed by atoms with Crippen LogP contribution in [-0.4, -0.2) is 22.3 Å². The number of hydrogen-bond donors (Lipinski definition) is 2. The first-order valence-electron chi connectivity index (χ1n) is 6.23. The molecule has 2 rings (SSSR count). The highest BCUT2D eigenvalue weighted by Gasteiger charge is 2.11. The highest BCUT2D eigenvalue weighted by Crippen LogP contribution is 2.26. The molecule has 0 saturated heterocycles. The van der Waals surface area contributed by atoms with Crippen molar-refractivity contribution in [1.29, 1.82) is 5.41 Å². The Morgan fingerprint density at radius 2 is 2.05 bits per heavy atom. The molecule has 0 spiro atoms. The molecule has 0 saturated carbocycles. The number of hydrogen-bond acceptors (Lipinski definition) is 4. The third-order valence-corrected chi connectivity index (χ3v) is 3.45. The molecule has 0 radical (unpaired) electrons. The third-order valence-electron chi connectivity index (χ3n) is 2.84. The Balaban J connectivity index is 2.20. The molecule has 6 heteroatoms. The van der Waals surface area contributed by atoms with Crippen LogP contribution in [0.5, 0.6) is 0 Å². The van der Waals surface area contributed by atoms with Gasteiger partial charge in [0, 0.05) is 44.3 Å². The van der Waals surface area contributed by atoms with Crippen molar-refractivity contribution in [2.45, 2.75) is 13.0 Å². The summed E-state index contributed by atoms with van der Waals surface area (Å²) in [7, 11) is 0. The maximum Gasteiger partial charge on any atom is 0.0923 e. The van der Waals surface area contributed by atoms with Crippen molar-refractivity contribution in [1.82, 2.24) is 9.97 Å². The van der Waals surface area contributed by atoms with Crippen molar-refractivity contribution in [3.63, 3.8) is 0 Å². The third kappa shape index (κ3) is 4.03. The second-order valence-corrected chi connectivity index (χ2v) is 5.24. The van der Waals surface area contributed by atoms with Gasteiger partial charge in [0.2, 0.25) is 0 Å². The summed E-state index contributed by atoms with van der Waals surface area (Å²) in [6.45, 7) is 1.39. The lowest BCUT2D eigenvalue weighted by Crippen LogP contribution is -2.27. The Kier molecular flexibility index (Phi) is 5.06. The molecule has 5 nitrogen and oxygen atoms in total. The summed E-state index contributed by atoms with van der Waals surface area (Å²) in [4.78, 5) is 10.4. The van der Waals surface area contributed by atoms with Crippen LogP contribution in [0.4, 0.5) is 5.69 Å². The van der Waals surface area contributed by atoms with Gasteiger partial charge in [0.15, 0.2) is 0 Å². The molecule has 0 aromatic carbocycles. The molecular formula is C14H16BrN5. The number of pyridine rings is 2. The summed E-state index contributed by atoms with van der Waals surface area (Å²) < 4.78 is 0.924. The number of nitrogens with zero attached hydrogens (tertiary/aromatic N) is 3. The predicted molar refractivity (Wildman–Crippen MR) is 83.8 cm³/mol. The van der Waals surface area contributed by atoms with Gasteiger partial charge in [0.25, 0.3) is 0 Å². The second kappa shape index (κ2) is 7.00. The van der Waals surface area contributed by atoms with E-state index in [1.165, 1.54) is 0 Å². The minimum atomic E-state index is 0.186. The molecule has 3 N–H and O–H groups in total. The lowest BCUT2D eigenvalue weighted by molar-refractivity contribution is 0.796. The maximum atomic E-state index is 7.40. The number of amidine groups is 1. The molecule has 20 heavy (non-hydrogen) atoms. The van der Waals surface area contributed by atoms with Crippen LogP contribution in [0.3, 0.4) is 0 Å². The molecule has 0 fully saturated rings. The molecule has 0 amide bonds. The Morgan fingerprint density at radius 3 is 2.70 bits per heavy atom. The van der Waals surface area contributed by atoms with E-state index >= 15 is 0 Å². The van der Waals surface area contributed by atoms with Gasteiger partial charge in [-0.05, 0) is 33.6 Å². The van der Waals surface area contributed by atoms with E-state index in [0.29, 0.717) is 19.5 Å². The molecular weight excluding hydrogens is 318 g/mol. The monoisotopic (exact) mass is 333 g/mol. The van der Waals surface area contributed by atoms with Gasteiger partial charge in [0.05, 0.1) is 16.0 Å². The van der Waals surface area contributed by atoms with Crippen molar-refractivity contribution in [3.05, 3.63) is 53.0 Å². The number of rotatable bonds is 6. The van der Waals surface area contributed by atoms with E-state index in [-0.39, 0.29) is 5.84 Å². The number of halogens is 1. The molecule has 104 valence electrons. The summed E-state index contributed by atoms with van der Waals surface area (Å²) in [5.41, 5.74) is 7.61. The first kappa shape index (κ1) is 14.5. The average Bonchev–Trinajstić information content (AvgIpc) is 2.45. The van der Waals surface area contributed by atoms with Crippen LogP contribution in [0.1, 0.15) is 12.0 Å². The zero-order valence-electron chi connectivity index (χ0n) is 11.0. The first-order valence-corrected chi connectivity index (χ1v) is 7.02. The summed E-state index contributed by atoms with van der Waals surface area (Å²) in [5.74, 6) is 0.186. The van der Waals surface area contributed by atoms with Gasteiger partial charge in [0.1, 0.15) is 0 Å². The summed E-state index contributed by atoms with van der Waals surface area (Å²) in [5, 5.41) is 7.40. The molecule has 0 unspecified atom stereocenters. The van der Waals surface area contributed by atoms with Crippen LogP contribution in [0.25, 0.3) is 0 Å². The standard InChI is InChI=1S/C14H16BrN5/c15-12-9-19-6-3-13(12)20(7-4-14(16)17)10-11-2-1-5-18-8-11/h1-3,5-6,8-9H,4,7,10H2,(H3,16,17). The molecule has 0 atom stereocenters. The second-order valence-electron chi connectivity index (χ2n) is 4.39. The Morgan fingerprint density at radius 1 is 1.25 bits per heavy atom. The number of aromatic nitrogens is 2. The highest BCUT2D eigenvalue weighted by molar-refractivity contribution is 9.10. The van der Waals surface area contributed by atoms with Crippen LogP contribution < -0.4 is 10.6 Å². The van der Waals surface area contributed by atoms with E-state index in [1.54, 1.807) is 18.6 Å². The Labute approximate surface area is 126 Å². The quantitative estimate of drug-likeness (QED) is 0.629. The van der Waals surface area contributed by atoms with E-state index < -0.39 is 0 Å². The van der Waals surface area contributed by atoms with E-state index in [9.17, 15) is 0 Å². The van der Waals surface area contributed by atoms with Crippen LogP contribution in [0, 0.1) is 5.41 Å². The first-order chi connectivity index (χ1) is 9.66. The van der Waals surface area contributed by atoms with Crippen LogP contribution in [0.15, 0.2) is 47.5 Å². The molecule has 0 aliphatic rings. The zero-order chi connectivity index (χ0) is 14.4. The lowest BCUT2D eigenvalue weighted by atomic mass is 10.2. The number of anilines is 1. The van der Waals surface area contributed by atoms with Gasteiger partial charge in [-0.15, -0.1) is 0 Å². The minimum Gasteiger partial charge on any atom is -0.388 e. The molecule has 2 aromatic heterocycles. The van der Waals surface area contributed by atoms with E-state index in [2.05, 4.69) is 30.8 Å².